The zero-order chi connectivity index (χ0) is 15.6. The van der Waals surface area contributed by atoms with Crippen molar-refractivity contribution in [1.29, 1.82) is 0 Å². The summed E-state index contributed by atoms with van der Waals surface area (Å²) in [6.45, 7) is 0. The van der Waals surface area contributed by atoms with E-state index in [1.165, 1.54) is 0 Å². The highest BCUT2D eigenvalue weighted by molar-refractivity contribution is 7.92. The summed E-state index contributed by atoms with van der Waals surface area (Å²) in [6, 6.07) is 8.90. The van der Waals surface area contributed by atoms with Crippen LogP contribution in [0.5, 0.6) is 0 Å². The average Bonchev–Trinajstić information content (AvgIpc) is 2.89. The Hall–Kier alpha value is -2.48. The predicted octanol–water partition coefficient (Wildman–Crippen LogP) is 1.84. The predicted molar refractivity (Wildman–Crippen MR) is 77.2 cm³/mol. The number of nitrogens with zero attached hydrogens (tertiary/aromatic N) is 1. The first-order valence-corrected chi connectivity index (χ1v) is 7.41. The number of furan rings is 1. The van der Waals surface area contributed by atoms with Gasteiger partial charge >= 0.3 is 5.97 Å². The van der Waals surface area contributed by atoms with E-state index in [0.717, 1.165) is 17.8 Å². The molecular formula is C13H14N2O5S. The Bertz CT molecular complexity index is 747. The van der Waals surface area contributed by atoms with E-state index < -0.39 is 26.8 Å². The van der Waals surface area contributed by atoms with Crippen LogP contribution in [-0.4, -0.2) is 33.6 Å². The van der Waals surface area contributed by atoms with Crippen LogP contribution in [-0.2, 0) is 10.0 Å². The topological polar surface area (TPSA) is 99.9 Å². The second-order valence-corrected chi connectivity index (χ2v) is 6.08. The molecule has 1 aromatic heterocycles. The number of anilines is 2. The first-order chi connectivity index (χ1) is 9.79. The molecule has 1 aromatic carbocycles. The number of rotatable bonds is 5. The highest BCUT2D eigenvalue weighted by Crippen LogP contribution is 2.20. The van der Waals surface area contributed by atoms with Crippen LogP contribution in [0.2, 0.25) is 0 Å². The summed E-state index contributed by atoms with van der Waals surface area (Å²) in [5, 5.41) is 8.27. The molecule has 8 heteroatoms. The van der Waals surface area contributed by atoms with Crippen molar-refractivity contribution >= 4 is 27.4 Å². The maximum atomic E-state index is 12.0. The largest absolute Gasteiger partial charge is 0.475 e. The van der Waals surface area contributed by atoms with E-state index in [1.54, 1.807) is 24.3 Å². The summed E-state index contributed by atoms with van der Waals surface area (Å²) >= 11 is 0. The second-order valence-electron chi connectivity index (χ2n) is 4.47. The SMILES string of the molecule is CN(C)c1ccc(NS(=O)(=O)c2ccc(C(=O)O)o2)cc1. The molecule has 0 unspecified atom stereocenters. The molecule has 0 spiro atoms. The van der Waals surface area contributed by atoms with Crippen LogP contribution in [0.25, 0.3) is 0 Å². The van der Waals surface area contributed by atoms with Crippen LogP contribution in [0.15, 0.2) is 45.9 Å². The van der Waals surface area contributed by atoms with Crippen molar-refractivity contribution in [1.82, 2.24) is 0 Å². The number of carboxylic acid groups (broad SMARTS) is 1. The van der Waals surface area contributed by atoms with E-state index in [9.17, 15) is 13.2 Å². The molecule has 2 N–H and O–H groups in total. The van der Waals surface area contributed by atoms with Crippen LogP contribution in [0, 0.1) is 0 Å². The van der Waals surface area contributed by atoms with E-state index >= 15 is 0 Å². The van der Waals surface area contributed by atoms with Crippen molar-refractivity contribution < 1.29 is 22.7 Å². The van der Waals surface area contributed by atoms with Crippen molar-refractivity contribution in [2.75, 3.05) is 23.7 Å². The molecule has 0 bridgehead atoms. The zero-order valence-corrected chi connectivity index (χ0v) is 12.2. The minimum absolute atomic E-state index is 0.355. The first-order valence-electron chi connectivity index (χ1n) is 5.93. The molecule has 21 heavy (non-hydrogen) atoms. The molecule has 0 aliphatic rings. The lowest BCUT2D eigenvalue weighted by molar-refractivity contribution is 0.0656. The molecule has 0 radical (unpaired) electrons. The van der Waals surface area contributed by atoms with Gasteiger partial charge in [0.15, 0.2) is 0 Å². The lowest BCUT2D eigenvalue weighted by Crippen LogP contribution is -2.13. The number of carboxylic acids is 1. The van der Waals surface area contributed by atoms with Gasteiger partial charge in [0.1, 0.15) is 0 Å². The zero-order valence-electron chi connectivity index (χ0n) is 11.4. The van der Waals surface area contributed by atoms with Gasteiger partial charge in [0.2, 0.25) is 10.9 Å². The fourth-order valence-corrected chi connectivity index (χ4v) is 2.61. The molecule has 0 saturated carbocycles. The molecule has 2 aromatic rings. The number of carbonyl (C=O) groups is 1. The number of hydrogen-bond donors (Lipinski definition) is 2. The highest BCUT2D eigenvalue weighted by atomic mass is 32.2. The third-order valence-electron chi connectivity index (χ3n) is 2.69. The van der Waals surface area contributed by atoms with Gasteiger partial charge in [0.25, 0.3) is 10.0 Å². The van der Waals surface area contributed by atoms with Crippen LogP contribution >= 0.6 is 0 Å². The van der Waals surface area contributed by atoms with Crippen LogP contribution in [0.4, 0.5) is 11.4 Å². The molecule has 1 heterocycles. The van der Waals surface area contributed by atoms with E-state index in [4.69, 9.17) is 9.52 Å². The summed E-state index contributed by atoms with van der Waals surface area (Å²) in [5.41, 5.74) is 1.28. The van der Waals surface area contributed by atoms with E-state index in [2.05, 4.69) is 4.72 Å². The Morgan fingerprint density at radius 2 is 1.76 bits per heavy atom. The molecule has 0 aliphatic heterocycles. The smallest absolute Gasteiger partial charge is 0.371 e. The van der Waals surface area contributed by atoms with Gasteiger partial charge in [-0.1, -0.05) is 0 Å². The second kappa shape index (κ2) is 5.49. The first kappa shape index (κ1) is 14.9. The van der Waals surface area contributed by atoms with E-state index in [-0.39, 0.29) is 0 Å². The quantitative estimate of drug-likeness (QED) is 0.874. The van der Waals surface area contributed by atoms with Gasteiger partial charge in [0.05, 0.1) is 0 Å². The molecule has 0 atom stereocenters. The Morgan fingerprint density at radius 1 is 1.14 bits per heavy atom. The van der Waals surface area contributed by atoms with Gasteiger partial charge in [-0.25, -0.2) is 4.79 Å². The summed E-state index contributed by atoms with van der Waals surface area (Å²) in [7, 11) is -0.212. The fraction of sp³-hybridized carbons (Fsp3) is 0.154. The van der Waals surface area contributed by atoms with Crippen LogP contribution in [0.1, 0.15) is 10.6 Å². The molecule has 0 amide bonds. The Balaban J connectivity index is 2.22. The Labute approximate surface area is 121 Å². The number of sulfonamides is 1. The monoisotopic (exact) mass is 310 g/mol. The molecule has 7 nitrogen and oxygen atoms in total. The number of benzene rings is 1. The Morgan fingerprint density at radius 3 is 2.24 bits per heavy atom. The summed E-state index contributed by atoms with van der Waals surface area (Å²) < 4.78 is 31.2. The highest BCUT2D eigenvalue weighted by Gasteiger charge is 2.21. The van der Waals surface area contributed by atoms with Crippen molar-refractivity contribution in [2.24, 2.45) is 0 Å². The lowest BCUT2D eigenvalue weighted by atomic mass is 10.3. The third kappa shape index (κ3) is 3.34. The Kier molecular flexibility index (Phi) is 3.90. The van der Waals surface area contributed by atoms with Gasteiger partial charge in [0, 0.05) is 25.5 Å². The minimum Gasteiger partial charge on any atom is -0.475 e. The van der Waals surface area contributed by atoms with E-state index in [1.807, 2.05) is 19.0 Å². The van der Waals surface area contributed by atoms with Crippen molar-refractivity contribution in [3.8, 4) is 0 Å². The van der Waals surface area contributed by atoms with E-state index in [0.29, 0.717) is 5.69 Å². The van der Waals surface area contributed by atoms with Gasteiger partial charge in [-0.3, -0.25) is 4.72 Å². The van der Waals surface area contributed by atoms with Crippen molar-refractivity contribution in [2.45, 2.75) is 5.09 Å². The van der Waals surface area contributed by atoms with Gasteiger partial charge in [-0.05, 0) is 36.4 Å². The minimum atomic E-state index is -3.95. The normalized spacial score (nSPS) is 11.1. The van der Waals surface area contributed by atoms with Gasteiger partial charge in [-0.2, -0.15) is 8.42 Å². The molecule has 2 rings (SSSR count). The van der Waals surface area contributed by atoms with Gasteiger partial charge < -0.3 is 14.4 Å². The van der Waals surface area contributed by atoms with Crippen molar-refractivity contribution in [3.05, 3.63) is 42.2 Å². The van der Waals surface area contributed by atoms with Gasteiger partial charge in [-0.15, -0.1) is 0 Å². The average molecular weight is 310 g/mol. The molecule has 112 valence electrons. The fourth-order valence-electron chi connectivity index (χ4n) is 1.61. The van der Waals surface area contributed by atoms with Crippen LogP contribution < -0.4 is 9.62 Å². The molecule has 0 saturated heterocycles. The number of hydrogen-bond acceptors (Lipinski definition) is 5. The maximum absolute atomic E-state index is 12.0. The van der Waals surface area contributed by atoms with Crippen molar-refractivity contribution in [3.63, 3.8) is 0 Å². The number of aromatic carboxylic acids is 1. The summed E-state index contributed by atoms with van der Waals surface area (Å²) in [6.07, 6.45) is 0. The molecular weight excluding hydrogens is 296 g/mol. The maximum Gasteiger partial charge on any atom is 0.371 e. The standard InChI is InChI=1S/C13H14N2O5S/c1-15(2)10-5-3-9(4-6-10)14-21(18,19)12-8-7-11(20-12)13(16)17/h3-8,14H,1-2H3,(H,16,17). The lowest BCUT2D eigenvalue weighted by Gasteiger charge is -2.13. The summed E-state index contributed by atoms with van der Waals surface area (Å²) in [5.74, 6) is -1.76. The number of nitrogens with one attached hydrogen (secondary N) is 1. The molecule has 0 fully saturated rings. The molecule has 0 aliphatic carbocycles. The third-order valence-corrected chi connectivity index (χ3v) is 3.95. The summed E-state index contributed by atoms with van der Waals surface area (Å²) in [4.78, 5) is 12.6. The van der Waals surface area contributed by atoms with Crippen LogP contribution in [0.3, 0.4) is 0 Å².